The van der Waals surface area contributed by atoms with Crippen LogP contribution in [0.4, 0.5) is 5.69 Å². The number of nitrogens with one attached hydrogen (secondary N) is 1. The van der Waals surface area contributed by atoms with E-state index in [9.17, 15) is 14.4 Å². The molecule has 22 heavy (non-hydrogen) atoms. The lowest BCUT2D eigenvalue weighted by Crippen LogP contribution is -2.46. The maximum absolute atomic E-state index is 12.5. The molecule has 6 nitrogen and oxygen atoms in total. The van der Waals surface area contributed by atoms with Crippen LogP contribution >= 0.6 is 0 Å². The fraction of sp³-hybridized carbons (Fsp3) is 0.438. The highest BCUT2D eigenvalue weighted by Gasteiger charge is 2.58. The van der Waals surface area contributed by atoms with Crippen molar-refractivity contribution < 1.29 is 19.5 Å². The zero-order chi connectivity index (χ0) is 15.9. The Labute approximate surface area is 128 Å². The molecule has 1 aromatic carbocycles. The summed E-state index contributed by atoms with van der Waals surface area (Å²) in [5.74, 6) is -1.84. The number of carbonyl (C=O) groups is 3. The third-order valence-corrected chi connectivity index (χ3v) is 4.49. The van der Waals surface area contributed by atoms with Gasteiger partial charge in [0.15, 0.2) is 0 Å². The Morgan fingerprint density at radius 3 is 2.45 bits per heavy atom. The molecule has 2 atom stereocenters. The molecule has 0 radical (unpaired) electrons. The van der Waals surface area contributed by atoms with Crippen LogP contribution in [0.3, 0.4) is 0 Å². The number of nitrogens with zero attached hydrogens (tertiary/aromatic N) is 1. The number of anilines is 1. The second-order valence-electron chi connectivity index (χ2n) is 6.04. The molecule has 2 N–H and O–H groups in total. The minimum Gasteiger partial charge on any atom is -0.480 e. The number of hydrogen-bond donors (Lipinski definition) is 2. The molecule has 1 aliphatic heterocycles. The molecule has 1 aliphatic carbocycles. The molecule has 0 spiro atoms. The van der Waals surface area contributed by atoms with Crippen LogP contribution < -0.4 is 10.2 Å². The molecule has 0 unspecified atom stereocenters. The van der Waals surface area contributed by atoms with Crippen molar-refractivity contribution in [3.05, 3.63) is 30.3 Å². The molecular weight excluding hydrogens is 284 g/mol. The Hall–Kier alpha value is -2.37. The van der Waals surface area contributed by atoms with Gasteiger partial charge in [-0.05, 0) is 38.3 Å². The smallest absolute Gasteiger partial charge is 0.319 e. The minimum atomic E-state index is -1.32. The summed E-state index contributed by atoms with van der Waals surface area (Å²) in [7, 11) is 0. The van der Waals surface area contributed by atoms with Crippen LogP contribution in [-0.4, -0.2) is 35.0 Å². The summed E-state index contributed by atoms with van der Waals surface area (Å²) in [6.45, 7) is 1.92. The second-order valence-corrected chi connectivity index (χ2v) is 6.04. The second kappa shape index (κ2) is 5.12. The van der Waals surface area contributed by atoms with E-state index in [4.69, 9.17) is 5.11 Å². The maximum Gasteiger partial charge on any atom is 0.319 e. The number of rotatable bonds is 4. The van der Waals surface area contributed by atoms with Gasteiger partial charge < -0.3 is 15.3 Å². The largest absolute Gasteiger partial charge is 0.480 e. The van der Waals surface area contributed by atoms with Gasteiger partial charge in [0.1, 0.15) is 11.5 Å². The standard InChI is InChI=1S/C16H18N2O4/c1-10-9-12(17-14(20)16(7-8-16)15(21)22)13(19)18(10)11-5-3-2-4-6-11/h2-6,10,12H,7-9H2,1H3,(H,17,20)(H,21,22)/t10-,12+/m1/s1. The van der Waals surface area contributed by atoms with Crippen molar-refractivity contribution in [1.29, 1.82) is 0 Å². The first kappa shape index (κ1) is 14.6. The highest BCUT2D eigenvalue weighted by Crippen LogP contribution is 2.46. The zero-order valence-electron chi connectivity index (χ0n) is 12.3. The summed E-state index contributed by atoms with van der Waals surface area (Å²) in [6, 6.07) is 8.57. The molecule has 6 heteroatoms. The van der Waals surface area contributed by atoms with Crippen molar-refractivity contribution in [2.45, 2.75) is 38.3 Å². The molecule has 2 fully saturated rings. The first-order valence-corrected chi connectivity index (χ1v) is 7.38. The molecule has 1 heterocycles. The molecule has 3 rings (SSSR count). The third kappa shape index (κ3) is 2.24. The van der Waals surface area contributed by atoms with Gasteiger partial charge >= 0.3 is 5.97 Å². The van der Waals surface area contributed by atoms with Crippen LogP contribution in [0, 0.1) is 5.41 Å². The van der Waals surface area contributed by atoms with Crippen molar-refractivity contribution in [2.24, 2.45) is 5.41 Å². The van der Waals surface area contributed by atoms with Crippen molar-refractivity contribution in [3.8, 4) is 0 Å². The van der Waals surface area contributed by atoms with Crippen LogP contribution in [0.25, 0.3) is 0 Å². The van der Waals surface area contributed by atoms with E-state index in [-0.39, 0.29) is 11.9 Å². The van der Waals surface area contributed by atoms with E-state index in [0.717, 1.165) is 5.69 Å². The Morgan fingerprint density at radius 1 is 1.27 bits per heavy atom. The van der Waals surface area contributed by atoms with Gasteiger partial charge in [0.25, 0.3) is 0 Å². The molecule has 1 saturated carbocycles. The van der Waals surface area contributed by atoms with Gasteiger partial charge in [0, 0.05) is 11.7 Å². The van der Waals surface area contributed by atoms with Gasteiger partial charge in [-0.15, -0.1) is 0 Å². The average Bonchev–Trinajstić information content (AvgIpc) is 3.25. The van der Waals surface area contributed by atoms with E-state index in [1.165, 1.54) is 0 Å². The predicted molar refractivity (Wildman–Crippen MR) is 79.2 cm³/mol. The Bertz CT molecular complexity index is 624. The van der Waals surface area contributed by atoms with Crippen LogP contribution in [-0.2, 0) is 14.4 Å². The lowest BCUT2D eigenvalue weighted by Gasteiger charge is -2.21. The Morgan fingerprint density at radius 2 is 1.91 bits per heavy atom. The van der Waals surface area contributed by atoms with Gasteiger partial charge in [-0.3, -0.25) is 14.4 Å². The zero-order valence-corrected chi connectivity index (χ0v) is 12.3. The van der Waals surface area contributed by atoms with Gasteiger partial charge in [0.2, 0.25) is 11.8 Å². The number of carbonyl (C=O) groups excluding carboxylic acids is 2. The van der Waals surface area contributed by atoms with Crippen molar-refractivity contribution in [3.63, 3.8) is 0 Å². The summed E-state index contributed by atoms with van der Waals surface area (Å²) in [5, 5.41) is 11.8. The number of carboxylic acid groups (broad SMARTS) is 1. The van der Waals surface area contributed by atoms with E-state index in [1.807, 2.05) is 37.3 Å². The number of carboxylic acids is 1. The number of hydrogen-bond acceptors (Lipinski definition) is 3. The normalized spacial score (nSPS) is 25.9. The van der Waals surface area contributed by atoms with Gasteiger partial charge in [-0.1, -0.05) is 18.2 Å². The number of amides is 2. The number of para-hydroxylation sites is 1. The van der Waals surface area contributed by atoms with Gasteiger partial charge in [-0.2, -0.15) is 0 Å². The topological polar surface area (TPSA) is 86.7 Å². The summed E-state index contributed by atoms with van der Waals surface area (Å²) in [4.78, 5) is 37.5. The lowest BCUT2D eigenvalue weighted by molar-refractivity contribution is -0.149. The minimum absolute atomic E-state index is 0.0415. The summed E-state index contributed by atoms with van der Waals surface area (Å²) in [6.07, 6.45) is 1.16. The van der Waals surface area contributed by atoms with Gasteiger partial charge in [0.05, 0.1) is 0 Å². The first-order valence-electron chi connectivity index (χ1n) is 7.38. The van der Waals surface area contributed by atoms with Crippen LogP contribution in [0.1, 0.15) is 26.2 Å². The van der Waals surface area contributed by atoms with Crippen molar-refractivity contribution in [1.82, 2.24) is 5.32 Å². The molecule has 2 amide bonds. The number of aliphatic carboxylic acids is 1. The quantitative estimate of drug-likeness (QED) is 0.817. The number of benzene rings is 1. The molecule has 1 aromatic rings. The summed E-state index contributed by atoms with van der Waals surface area (Å²) in [5.41, 5.74) is -0.528. The Balaban J connectivity index is 1.73. The molecule has 0 aromatic heterocycles. The first-order chi connectivity index (χ1) is 10.5. The average molecular weight is 302 g/mol. The van der Waals surface area contributed by atoms with E-state index >= 15 is 0 Å². The molecular formula is C16H18N2O4. The van der Waals surface area contributed by atoms with Crippen LogP contribution in [0.2, 0.25) is 0 Å². The molecule has 0 bridgehead atoms. The highest BCUT2D eigenvalue weighted by atomic mass is 16.4. The third-order valence-electron chi connectivity index (χ3n) is 4.49. The molecule has 116 valence electrons. The van der Waals surface area contributed by atoms with Crippen LogP contribution in [0.15, 0.2) is 30.3 Å². The fourth-order valence-corrected chi connectivity index (χ4v) is 2.98. The van der Waals surface area contributed by atoms with Crippen molar-refractivity contribution >= 4 is 23.5 Å². The maximum atomic E-state index is 12.5. The fourth-order valence-electron chi connectivity index (χ4n) is 2.98. The van der Waals surface area contributed by atoms with E-state index in [2.05, 4.69) is 5.32 Å². The Kier molecular flexibility index (Phi) is 3.39. The van der Waals surface area contributed by atoms with Crippen molar-refractivity contribution in [2.75, 3.05) is 4.90 Å². The molecule has 2 aliphatic rings. The van der Waals surface area contributed by atoms with E-state index in [0.29, 0.717) is 19.3 Å². The van der Waals surface area contributed by atoms with E-state index < -0.39 is 23.3 Å². The van der Waals surface area contributed by atoms with Gasteiger partial charge in [-0.25, -0.2) is 0 Å². The van der Waals surface area contributed by atoms with Crippen LogP contribution in [0.5, 0.6) is 0 Å². The monoisotopic (exact) mass is 302 g/mol. The van der Waals surface area contributed by atoms with E-state index in [1.54, 1.807) is 4.90 Å². The highest BCUT2D eigenvalue weighted by molar-refractivity contribution is 6.08. The predicted octanol–water partition coefficient (Wildman–Crippen LogP) is 1.16. The summed E-state index contributed by atoms with van der Waals surface area (Å²) < 4.78 is 0. The SMILES string of the molecule is C[C@@H]1C[C@H](NC(=O)C2(C(=O)O)CC2)C(=O)N1c1ccccc1. The summed E-state index contributed by atoms with van der Waals surface area (Å²) >= 11 is 0. The molecule has 1 saturated heterocycles. The lowest BCUT2D eigenvalue weighted by atomic mass is 10.1.